The molecule has 2 aliphatic rings. The number of nitrogens with one attached hydrogen (secondary N) is 1. The third-order valence-electron chi connectivity index (χ3n) is 7.48. The van der Waals surface area contributed by atoms with Crippen LogP contribution in [-0.4, -0.2) is 68.9 Å². The number of fused-ring (bicyclic) bond motifs is 1. The Labute approximate surface area is 296 Å². The molecule has 0 aliphatic carbocycles. The molecule has 0 aromatic heterocycles. The molecule has 0 radical (unpaired) electrons. The van der Waals surface area contributed by atoms with Gasteiger partial charge in [0, 0.05) is 16.9 Å². The molecule has 49 heavy (non-hydrogen) atoms. The zero-order chi connectivity index (χ0) is 35.1. The predicted molar refractivity (Wildman–Crippen MR) is 183 cm³/mol. The maximum absolute atomic E-state index is 14.1. The minimum atomic E-state index is -1.54. The molecule has 1 saturated heterocycles. The number of nitrogens with zero attached hydrogens (tertiary/aromatic N) is 2. The summed E-state index contributed by atoms with van der Waals surface area (Å²) in [6.07, 6.45) is -0.810. The normalized spacial score (nSPS) is 17.4. The number of thioether (sulfide) groups is 1. The number of halogens is 2. The zero-order valence-corrected chi connectivity index (χ0v) is 28.6. The molecule has 3 aromatic rings. The average molecular weight is 725 g/mol. The highest BCUT2D eigenvalue weighted by Gasteiger charge is 2.55. The van der Waals surface area contributed by atoms with Crippen LogP contribution in [0.3, 0.4) is 0 Å². The number of benzene rings is 3. The van der Waals surface area contributed by atoms with E-state index in [2.05, 4.69) is 10.5 Å². The van der Waals surface area contributed by atoms with Crippen LogP contribution in [0.1, 0.15) is 36.6 Å². The van der Waals surface area contributed by atoms with Crippen molar-refractivity contribution >= 4 is 70.4 Å². The molecule has 2 aliphatic heterocycles. The number of oxime groups is 1. The number of ether oxygens (including phenoxy) is 2. The van der Waals surface area contributed by atoms with Crippen molar-refractivity contribution in [2.75, 3.05) is 12.4 Å². The van der Waals surface area contributed by atoms with Gasteiger partial charge in [0.05, 0.1) is 5.92 Å². The van der Waals surface area contributed by atoms with Gasteiger partial charge in [-0.2, -0.15) is 0 Å². The van der Waals surface area contributed by atoms with Gasteiger partial charge in [0.2, 0.25) is 4.84 Å². The average Bonchev–Trinajstić information content (AvgIpc) is 3.12. The highest BCUT2D eigenvalue weighted by Crippen LogP contribution is 2.42. The molecule has 14 heteroatoms. The molecule has 11 nitrogen and oxygen atoms in total. The largest absolute Gasteiger partial charge is 0.461 e. The summed E-state index contributed by atoms with van der Waals surface area (Å²) in [5.41, 5.74) is 1.72. The van der Waals surface area contributed by atoms with Gasteiger partial charge in [-0.3, -0.25) is 19.3 Å². The van der Waals surface area contributed by atoms with E-state index >= 15 is 0 Å². The first-order valence-electron chi connectivity index (χ1n) is 15.1. The summed E-state index contributed by atoms with van der Waals surface area (Å²) in [6.45, 7) is 3.14. The monoisotopic (exact) mass is 723 g/mol. The minimum absolute atomic E-state index is 0.0613. The molecule has 0 unspecified atom stereocenters. The molecule has 0 bridgehead atoms. The van der Waals surface area contributed by atoms with E-state index < -0.39 is 58.0 Å². The minimum Gasteiger partial charge on any atom is -0.461 e. The van der Waals surface area contributed by atoms with Crippen molar-refractivity contribution in [1.29, 1.82) is 0 Å². The van der Waals surface area contributed by atoms with Crippen LogP contribution in [0.15, 0.2) is 107 Å². The van der Waals surface area contributed by atoms with Crippen LogP contribution in [0.25, 0.3) is 0 Å². The molecule has 5 rings (SSSR count). The third-order valence-corrected chi connectivity index (χ3v) is 9.18. The Morgan fingerprint density at radius 3 is 2.02 bits per heavy atom. The van der Waals surface area contributed by atoms with Crippen LogP contribution in [-0.2, 0) is 38.3 Å². The molecule has 2 atom stereocenters. The van der Waals surface area contributed by atoms with Crippen LogP contribution in [0.2, 0.25) is 0 Å². The van der Waals surface area contributed by atoms with E-state index in [1.165, 1.54) is 16.7 Å². The van der Waals surface area contributed by atoms with Crippen LogP contribution in [0.4, 0.5) is 0 Å². The molecule has 2 heterocycles. The van der Waals surface area contributed by atoms with Gasteiger partial charge in [-0.05, 0) is 11.1 Å². The van der Waals surface area contributed by atoms with E-state index in [0.29, 0.717) is 22.3 Å². The molecular formula is C35H31Cl2N3O8S. The first-order valence-corrected chi connectivity index (χ1v) is 17.1. The van der Waals surface area contributed by atoms with E-state index in [-0.39, 0.29) is 23.8 Å². The second kappa shape index (κ2) is 16.2. The number of esters is 2. The quantitative estimate of drug-likeness (QED) is 0.0688. The fourth-order valence-electron chi connectivity index (χ4n) is 5.02. The smallest absolute Gasteiger partial charge is 0.367 e. The standard InChI is InChI=1S/C35H31Cl2N3O8S/c1-20(2)33(43)46-18-24-19-49-32-26(38-30(41)25(21-12-6-3-7-13-21)39-48-35(45)29(36)37)31(42)40(32)27(24)34(44)47-28(22-14-8-4-9-15-22)23-16-10-5-11-17-23/h3-17,20,26,28-29,32H,18-19H2,1-2H3,(H,38,41)/t26-,32+/m1/s1. The number of hydrogen-bond donors (Lipinski definition) is 1. The van der Waals surface area contributed by atoms with Crippen LogP contribution < -0.4 is 5.32 Å². The molecule has 1 fully saturated rings. The van der Waals surface area contributed by atoms with Crippen molar-refractivity contribution in [2.24, 2.45) is 11.1 Å². The first-order chi connectivity index (χ1) is 23.6. The SMILES string of the molecule is CC(C)C(=O)OCC1=C(C(=O)OC(c2ccccc2)c2ccccc2)N2C(=O)[C@@H](NC(=O)C(=NOC(=O)C(Cl)Cl)c3ccccc3)[C@@H]2SC1. The summed E-state index contributed by atoms with van der Waals surface area (Å²) < 4.78 is 11.6. The molecule has 1 N–H and O–H groups in total. The maximum Gasteiger partial charge on any atom is 0.367 e. The molecule has 3 aromatic carbocycles. The van der Waals surface area contributed by atoms with Crippen molar-refractivity contribution in [3.63, 3.8) is 0 Å². The number of β-lactam (4-membered cyclic amide) rings is 1. The lowest BCUT2D eigenvalue weighted by Crippen LogP contribution is -2.71. The first kappa shape index (κ1) is 35.7. The topological polar surface area (TPSA) is 141 Å². The van der Waals surface area contributed by atoms with E-state index in [9.17, 15) is 24.0 Å². The van der Waals surface area contributed by atoms with Crippen LogP contribution in [0, 0.1) is 5.92 Å². The second-order valence-electron chi connectivity index (χ2n) is 11.2. The Morgan fingerprint density at radius 1 is 0.898 bits per heavy atom. The predicted octanol–water partition coefficient (Wildman–Crippen LogP) is 4.92. The fourth-order valence-corrected chi connectivity index (χ4v) is 6.42. The van der Waals surface area contributed by atoms with Crippen molar-refractivity contribution in [3.8, 4) is 0 Å². The fraction of sp³-hybridized carbons (Fsp3) is 0.257. The Kier molecular flexibility index (Phi) is 11.8. The van der Waals surface area contributed by atoms with Gasteiger partial charge in [-0.25, -0.2) is 9.59 Å². The van der Waals surface area contributed by atoms with Crippen molar-refractivity contribution in [3.05, 3.63) is 119 Å². The number of alkyl halides is 2. The Hall–Kier alpha value is -4.65. The number of carbonyl (C=O) groups is 5. The maximum atomic E-state index is 14.1. The van der Waals surface area contributed by atoms with Gasteiger partial charge in [0.15, 0.2) is 11.8 Å². The lowest BCUT2D eigenvalue weighted by atomic mass is 10.0. The molecular weight excluding hydrogens is 693 g/mol. The van der Waals surface area contributed by atoms with Crippen LogP contribution in [0.5, 0.6) is 0 Å². The van der Waals surface area contributed by atoms with Crippen molar-refractivity contribution in [2.45, 2.75) is 36.2 Å². The van der Waals surface area contributed by atoms with Gasteiger partial charge < -0.3 is 19.6 Å². The summed E-state index contributed by atoms with van der Waals surface area (Å²) in [7, 11) is 0. The third kappa shape index (κ3) is 8.33. The molecule has 0 spiro atoms. The lowest BCUT2D eigenvalue weighted by Gasteiger charge is -2.49. The highest BCUT2D eigenvalue weighted by molar-refractivity contribution is 8.00. The highest BCUT2D eigenvalue weighted by atomic mass is 35.5. The van der Waals surface area contributed by atoms with Gasteiger partial charge >= 0.3 is 17.9 Å². The number of carbonyl (C=O) groups excluding carboxylic acids is 5. The van der Waals surface area contributed by atoms with E-state index in [4.69, 9.17) is 37.5 Å². The molecule has 254 valence electrons. The Bertz CT molecular complexity index is 1730. The summed E-state index contributed by atoms with van der Waals surface area (Å²) in [5, 5.41) is 5.61. The van der Waals surface area contributed by atoms with Gasteiger partial charge in [0.25, 0.3) is 11.8 Å². The zero-order valence-electron chi connectivity index (χ0n) is 26.3. The van der Waals surface area contributed by atoms with Crippen molar-refractivity contribution < 1.29 is 38.3 Å². The lowest BCUT2D eigenvalue weighted by molar-refractivity contribution is -0.155. The second-order valence-corrected chi connectivity index (χ2v) is 13.4. The Balaban J connectivity index is 1.43. The molecule has 2 amide bonds. The van der Waals surface area contributed by atoms with Gasteiger partial charge in [-0.15, -0.1) is 11.8 Å². The Morgan fingerprint density at radius 2 is 1.47 bits per heavy atom. The van der Waals surface area contributed by atoms with Gasteiger partial charge in [0.1, 0.15) is 23.7 Å². The summed E-state index contributed by atoms with van der Waals surface area (Å²) in [4.78, 5) is 70.1. The van der Waals surface area contributed by atoms with E-state index in [0.717, 1.165) is 0 Å². The van der Waals surface area contributed by atoms with Crippen LogP contribution >= 0.6 is 35.0 Å². The number of amides is 2. The number of hydrogen-bond acceptors (Lipinski definition) is 10. The summed E-state index contributed by atoms with van der Waals surface area (Å²) >= 11 is 12.4. The summed E-state index contributed by atoms with van der Waals surface area (Å²) in [6, 6.07) is 25.4. The number of rotatable bonds is 12. The molecule has 0 saturated carbocycles. The van der Waals surface area contributed by atoms with Gasteiger partial charge in [-0.1, -0.05) is 133 Å². The summed E-state index contributed by atoms with van der Waals surface area (Å²) in [5.74, 6) is -4.01. The van der Waals surface area contributed by atoms with Crippen molar-refractivity contribution in [1.82, 2.24) is 10.2 Å². The van der Waals surface area contributed by atoms with E-state index in [1.54, 1.807) is 44.2 Å². The van der Waals surface area contributed by atoms with E-state index in [1.807, 2.05) is 60.7 Å².